The van der Waals surface area contributed by atoms with Crippen LogP contribution in [0.5, 0.6) is 0 Å². The van der Waals surface area contributed by atoms with Crippen LogP contribution in [0.15, 0.2) is 78.9 Å². The first-order valence-electron chi connectivity index (χ1n) is 12.3. The molecule has 0 radical (unpaired) electrons. The van der Waals surface area contributed by atoms with Crippen molar-refractivity contribution in [3.8, 4) is 0 Å². The summed E-state index contributed by atoms with van der Waals surface area (Å²) in [5, 5.41) is 3.04. The number of hydrogen-bond acceptors (Lipinski definition) is 3. The molecule has 3 aromatic carbocycles. The molecule has 1 N–H and O–H groups in total. The number of nitrogens with one attached hydrogen (secondary N) is 1. The van der Waals surface area contributed by atoms with Gasteiger partial charge in [0.2, 0.25) is 11.8 Å². The maximum Gasteiger partial charge on any atom is 0.243 e. The molecule has 0 aliphatic heterocycles. The van der Waals surface area contributed by atoms with Crippen molar-refractivity contribution in [2.75, 3.05) is 12.3 Å². The molecular formula is C30H36N2O2S. The van der Waals surface area contributed by atoms with Crippen LogP contribution in [0.3, 0.4) is 0 Å². The van der Waals surface area contributed by atoms with Gasteiger partial charge in [0.15, 0.2) is 0 Å². The summed E-state index contributed by atoms with van der Waals surface area (Å²) in [6.45, 7) is 7.16. The van der Waals surface area contributed by atoms with Crippen molar-refractivity contribution in [2.45, 2.75) is 52.0 Å². The lowest BCUT2D eigenvalue weighted by molar-refractivity contribution is -0.139. The quantitative estimate of drug-likeness (QED) is 0.356. The Balaban J connectivity index is 1.84. The van der Waals surface area contributed by atoms with Crippen molar-refractivity contribution in [3.05, 3.63) is 107 Å². The third-order valence-electron chi connectivity index (χ3n) is 6.00. The summed E-state index contributed by atoms with van der Waals surface area (Å²) in [5.41, 5.74) is 5.64. The van der Waals surface area contributed by atoms with E-state index in [1.54, 1.807) is 16.7 Å². The number of hydrogen-bond donors (Lipinski definition) is 1. The Morgan fingerprint density at radius 1 is 0.914 bits per heavy atom. The molecule has 0 aromatic heterocycles. The molecule has 0 bridgehead atoms. The lowest BCUT2D eigenvalue weighted by Crippen LogP contribution is -2.51. The van der Waals surface area contributed by atoms with Gasteiger partial charge in [0.05, 0.1) is 5.75 Å². The van der Waals surface area contributed by atoms with Crippen molar-refractivity contribution < 1.29 is 9.59 Å². The first-order chi connectivity index (χ1) is 17.0. The summed E-state index contributed by atoms with van der Waals surface area (Å²) in [5.74, 6) is 0.975. The summed E-state index contributed by atoms with van der Waals surface area (Å²) >= 11 is 1.60. The summed E-state index contributed by atoms with van der Waals surface area (Å²) < 4.78 is 0. The molecule has 0 saturated carbocycles. The van der Waals surface area contributed by atoms with Crippen LogP contribution >= 0.6 is 11.8 Å². The van der Waals surface area contributed by atoms with E-state index in [0.29, 0.717) is 25.3 Å². The fourth-order valence-electron chi connectivity index (χ4n) is 4.03. The third kappa shape index (κ3) is 8.29. The summed E-state index contributed by atoms with van der Waals surface area (Å²) in [6, 6.07) is 25.8. The molecule has 184 valence electrons. The Hall–Kier alpha value is -3.05. The van der Waals surface area contributed by atoms with Gasteiger partial charge in [-0.2, -0.15) is 0 Å². The van der Waals surface area contributed by atoms with Gasteiger partial charge >= 0.3 is 0 Å². The highest BCUT2D eigenvalue weighted by Gasteiger charge is 2.30. The van der Waals surface area contributed by atoms with Crippen molar-refractivity contribution >= 4 is 23.6 Å². The molecule has 0 aliphatic carbocycles. The van der Waals surface area contributed by atoms with Crippen LogP contribution in [0.1, 0.15) is 41.2 Å². The van der Waals surface area contributed by atoms with E-state index < -0.39 is 6.04 Å². The zero-order valence-electron chi connectivity index (χ0n) is 21.0. The van der Waals surface area contributed by atoms with Gasteiger partial charge in [0, 0.05) is 25.3 Å². The number of benzene rings is 3. The molecule has 5 heteroatoms. The summed E-state index contributed by atoms with van der Waals surface area (Å²) in [7, 11) is 0. The molecule has 3 rings (SSSR count). The van der Waals surface area contributed by atoms with Crippen LogP contribution in [0, 0.1) is 13.8 Å². The first-order valence-corrected chi connectivity index (χ1v) is 13.4. The highest BCUT2D eigenvalue weighted by atomic mass is 32.2. The number of carbonyl (C=O) groups is 2. The molecule has 0 spiro atoms. The van der Waals surface area contributed by atoms with Crippen molar-refractivity contribution in [1.29, 1.82) is 0 Å². The molecule has 2 amide bonds. The van der Waals surface area contributed by atoms with Crippen LogP contribution in [0.4, 0.5) is 0 Å². The van der Waals surface area contributed by atoms with Gasteiger partial charge in [-0.05, 0) is 42.5 Å². The monoisotopic (exact) mass is 488 g/mol. The van der Waals surface area contributed by atoms with Crippen molar-refractivity contribution in [3.63, 3.8) is 0 Å². The second kappa shape index (κ2) is 13.7. The molecule has 0 heterocycles. The van der Waals surface area contributed by atoms with E-state index in [0.717, 1.165) is 28.9 Å². The predicted molar refractivity (Wildman–Crippen MR) is 146 cm³/mol. The Morgan fingerprint density at radius 2 is 1.63 bits per heavy atom. The van der Waals surface area contributed by atoms with E-state index in [-0.39, 0.29) is 11.8 Å². The molecule has 0 fully saturated rings. The first kappa shape index (κ1) is 26.6. The molecule has 1 atom stereocenters. The van der Waals surface area contributed by atoms with Crippen molar-refractivity contribution in [2.24, 2.45) is 0 Å². The lowest BCUT2D eigenvalue weighted by Gasteiger charge is -2.32. The van der Waals surface area contributed by atoms with Crippen LogP contribution in [0.2, 0.25) is 0 Å². The van der Waals surface area contributed by atoms with Gasteiger partial charge in [-0.25, -0.2) is 0 Å². The maximum atomic E-state index is 13.7. The Labute approximate surface area is 214 Å². The number of carbonyl (C=O) groups excluding carboxylic acids is 2. The highest BCUT2D eigenvalue weighted by molar-refractivity contribution is 7.99. The zero-order chi connectivity index (χ0) is 25.0. The highest BCUT2D eigenvalue weighted by Crippen LogP contribution is 2.20. The van der Waals surface area contributed by atoms with Gasteiger partial charge in [0.1, 0.15) is 6.04 Å². The number of thioether (sulfide) groups is 1. The van der Waals surface area contributed by atoms with E-state index in [1.807, 2.05) is 74.5 Å². The number of nitrogens with zero attached hydrogens (tertiary/aromatic N) is 1. The van der Waals surface area contributed by atoms with Gasteiger partial charge in [0.25, 0.3) is 0 Å². The lowest BCUT2D eigenvalue weighted by atomic mass is 10.0. The molecule has 0 unspecified atom stereocenters. The Kier molecular flexibility index (Phi) is 10.4. The fourth-order valence-corrected chi connectivity index (χ4v) is 4.89. The second-order valence-electron chi connectivity index (χ2n) is 8.93. The van der Waals surface area contributed by atoms with Crippen LogP contribution in [-0.2, 0) is 28.3 Å². The maximum absolute atomic E-state index is 13.7. The Bertz CT molecular complexity index is 1100. The average Bonchev–Trinajstić information content (AvgIpc) is 2.86. The Morgan fingerprint density at radius 3 is 2.34 bits per heavy atom. The average molecular weight is 489 g/mol. The molecule has 4 nitrogen and oxygen atoms in total. The topological polar surface area (TPSA) is 49.4 Å². The minimum atomic E-state index is -0.573. The van der Waals surface area contributed by atoms with E-state index in [4.69, 9.17) is 0 Å². The largest absolute Gasteiger partial charge is 0.354 e. The molecule has 3 aromatic rings. The molecule has 0 aliphatic rings. The van der Waals surface area contributed by atoms with E-state index in [2.05, 4.69) is 30.4 Å². The number of rotatable bonds is 12. The van der Waals surface area contributed by atoms with E-state index in [9.17, 15) is 9.59 Å². The van der Waals surface area contributed by atoms with Crippen LogP contribution < -0.4 is 5.32 Å². The minimum absolute atomic E-state index is 0.0153. The second-order valence-corrected chi connectivity index (χ2v) is 9.91. The van der Waals surface area contributed by atoms with E-state index >= 15 is 0 Å². The summed E-state index contributed by atoms with van der Waals surface area (Å²) in [6.07, 6.45) is 1.33. The van der Waals surface area contributed by atoms with E-state index in [1.165, 1.54) is 11.1 Å². The molecular weight excluding hydrogens is 452 g/mol. The fraction of sp³-hybridized carbons (Fsp3) is 0.333. The minimum Gasteiger partial charge on any atom is -0.354 e. The number of aryl methyl sites for hydroxylation is 2. The van der Waals surface area contributed by atoms with Gasteiger partial charge in [-0.15, -0.1) is 11.8 Å². The van der Waals surface area contributed by atoms with Gasteiger partial charge in [-0.3, -0.25) is 9.59 Å². The van der Waals surface area contributed by atoms with Crippen molar-refractivity contribution in [1.82, 2.24) is 10.2 Å². The normalized spacial score (nSPS) is 11.6. The molecule has 0 saturated heterocycles. The number of amides is 2. The zero-order valence-corrected chi connectivity index (χ0v) is 21.8. The SMILES string of the molecule is CCCNC(=O)[C@@H](Cc1ccccc1)N(Cc1ccccc1C)C(=O)CSCc1cccc(C)c1. The van der Waals surface area contributed by atoms with Gasteiger partial charge < -0.3 is 10.2 Å². The third-order valence-corrected chi connectivity index (χ3v) is 6.99. The van der Waals surface area contributed by atoms with Gasteiger partial charge in [-0.1, -0.05) is 91.3 Å². The standard InChI is InChI=1S/C30H36N2O2S/c1-4-17-31-30(34)28(19-25-13-6-5-7-14-25)32(20-27-16-9-8-12-24(27)3)29(33)22-35-21-26-15-10-11-23(2)18-26/h5-16,18,28H,4,17,19-22H2,1-3H3,(H,31,34)/t28-/m1/s1. The van der Waals surface area contributed by atoms with Crippen LogP contribution in [0.25, 0.3) is 0 Å². The predicted octanol–water partition coefficient (Wildman–Crippen LogP) is 5.70. The smallest absolute Gasteiger partial charge is 0.243 e. The van der Waals surface area contributed by atoms with Crippen LogP contribution in [-0.4, -0.2) is 35.1 Å². The molecule has 35 heavy (non-hydrogen) atoms. The summed E-state index contributed by atoms with van der Waals surface area (Å²) in [4.78, 5) is 28.8.